The molecule has 144 heavy (non-hydrogen) atoms. The molecule has 50 nitrogen and oxygen atoms in total. The van der Waals surface area contributed by atoms with Crippen molar-refractivity contribution in [3.63, 3.8) is 0 Å². The van der Waals surface area contributed by atoms with E-state index in [0.29, 0.717) is 137 Å². The number of unbranched alkanes of at least 4 members (excludes halogenated alkanes) is 2. The third-order valence-corrected chi connectivity index (χ3v) is 21.2. The van der Waals surface area contributed by atoms with Gasteiger partial charge in [-0.3, -0.25) is 76.7 Å². The average Bonchev–Trinajstić information content (AvgIpc) is 0.797. The third kappa shape index (κ3) is 60.0. The molecule has 10 amide bonds. The maximum absolute atomic E-state index is 13.5. The molecule has 0 bridgehead atoms. The van der Waals surface area contributed by atoms with Crippen molar-refractivity contribution >= 4 is 94.5 Å². The number of carbonyl (C=O) groups excluding carboxylic acids is 14. The van der Waals surface area contributed by atoms with Crippen LogP contribution in [0.1, 0.15) is 212 Å². The Morgan fingerprint density at radius 1 is 0.340 bits per heavy atom. The first kappa shape index (κ1) is 126. The number of hydrogen-bond acceptors (Lipinski definition) is 34. The second kappa shape index (κ2) is 78.5. The minimum absolute atomic E-state index is 0.00563. The number of azide groups is 2. The summed E-state index contributed by atoms with van der Waals surface area (Å²) in [5.74, 6) is -7.67. The number of carboxylic acid groups (broad SMARTS) is 2. The molecular formula is C94H148N16O34. The zero-order chi connectivity index (χ0) is 106. The first-order valence-corrected chi connectivity index (χ1v) is 48.6. The number of rotatable bonds is 80. The quantitative estimate of drug-likeness (QED) is 0.0145. The minimum Gasteiger partial charge on any atom is -0.492 e. The Morgan fingerprint density at radius 3 is 0.938 bits per heavy atom. The molecule has 10 atom stereocenters. The highest BCUT2D eigenvalue weighted by atomic mass is 16.7. The predicted molar refractivity (Wildman–Crippen MR) is 513 cm³/mol. The van der Waals surface area contributed by atoms with Gasteiger partial charge in [0.2, 0.25) is 35.4 Å². The maximum atomic E-state index is 13.5. The molecule has 0 aromatic heterocycles. The van der Waals surface area contributed by atoms with E-state index in [1.165, 1.54) is 64.1 Å². The van der Waals surface area contributed by atoms with Crippen LogP contribution in [0.5, 0.6) is 11.5 Å². The smallest absolute Gasteiger partial charge is 0.305 e. The van der Waals surface area contributed by atoms with E-state index in [1.54, 1.807) is 0 Å². The number of carboxylic acids is 2. The van der Waals surface area contributed by atoms with Gasteiger partial charge >= 0.3 is 23.9 Å². The van der Waals surface area contributed by atoms with Crippen LogP contribution < -0.4 is 62.6 Å². The third-order valence-electron chi connectivity index (χ3n) is 21.2. The van der Waals surface area contributed by atoms with E-state index in [0.717, 1.165) is 0 Å². The minimum atomic E-state index is -1.09. The normalized spacial score (nSPS) is 17.1. The second-order valence-electron chi connectivity index (χ2n) is 32.9. The fourth-order valence-electron chi connectivity index (χ4n) is 14.0. The van der Waals surface area contributed by atoms with Gasteiger partial charge in [-0.1, -0.05) is 37.9 Å². The first-order chi connectivity index (χ1) is 69.3. The summed E-state index contributed by atoms with van der Waals surface area (Å²) in [6.45, 7) is 19.5. The van der Waals surface area contributed by atoms with Crippen molar-refractivity contribution < 1.29 is 163 Å². The largest absolute Gasteiger partial charge is 0.492 e. The molecule has 12 N–H and O–H groups in total. The van der Waals surface area contributed by atoms with Gasteiger partial charge in [-0.25, -0.2) is 0 Å². The number of carbonyl (C=O) groups is 16. The fourth-order valence-corrected chi connectivity index (χ4v) is 14.0. The fraction of sp³-hybridized carbons (Fsp3) is 0.702. The van der Waals surface area contributed by atoms with E-state index < -0.39 is 96.6 Å². The molecule has 2 fully saturated rings. The highest BCUT2D eigenvalue weighted by Gasteiger charge is 2.47. The standard InChI is InChI=1S/C67H108N10O22.C27H40N6O12/c1-9-55-62(96-48(7)80)44(3)60(75-46(5)78)66(98-55)94-30-13-11-19-57(84)69-24-15-17-52(82)21-26-72-64(87)50-41-51(43-54(42-50)93-34-28-71-59(86)23-32-89-35-37-91-39-40-92-38-36-90-33-29-74-77-68)65(88)73-27-22-53(83)18-16-25-70-58(85)20-12-14-31-95-67-61(76-47(6)79)45(4)63(97-49(8)81)56(10-2)99-67;28-33-32-7-9-42-12-14-44-16-15-43-13-11-41-8-3-23(34)29-6-10-45-22-18-20(26(39)30-4-1-24(35)36)17-21(19-22)27(40)31-5-2-25(37)38/h41-45,55-56,60-63,66-67H,9-40H2,1-8H3,(H,69,84)(H,70,85)(H,71,86)(H,72,87)(H,73,88)(H,75,78)(H,76,79);17-19H,1-16H2,(H,29,34)(H,30,39)(H,31,40)(H,35,36)(H,37,38). The van der Waals surface area contributed by atoms with Crippen LogP contribution in [-0.4, -0.2) is 351 Å². The number of hydrogen-bond donors (Lipinski definition) is 12. The molecule has 2 aromatic rings. The molecule has 808 valence electrons. The van der Waals surface area contributed by atoms with Crippen LogP contribution in [0.3, 0.4) is 0 Å². The molecule has 0 spiro atoms. The number of benzene rings is 2. The highest BCUT2D eigenvalue weighted by molar-refractivity contribution is 6.02. The average molecular weight is 2050 g/mol. The van der Waals surface area contributed by atoms with Gasteiger partial charge in [0.15, 0.2) is 12.6 Å². The maximum Gasteiger partial charge on any atom is 0.305 e. The van der Waals surface area contributed by atoms with Crippen molar-refractivity contribution in [2.75, 3.05) is 198 Å². The number of esters is 2. The second-order valence-corrected chi connectivity index (χ2v) is 32.9. The van der Waals surface area contributed by atoms with Gasteiger partial charge in [0.1, 0.15) is 48.5 Å². The summed E-state index contributed by atoms with van der Waals surface area (Å²) in [5.41, 5.74) is 16.6. The van der Waals surface area contributed by atoms with Crippen molar-refractivity contribution in [1.29, 1.82) is 0 Å². The van der Waals surface area contributed by atoms with E-state index in [4.69, 9.17) is 97.1 Å². The molecule has 2 aromatic carbocycles. The van der Waals surface area contributed by atoms with Gasteiger partial charge in [0, 0.05) is 189 Å². The van der Waals surface area contributed by atoms with Gasteiger partial charge in [-0.05, 0) is 98.8 Å². The number of amides is 10. The number of Topliss-reactive ketones (excluding diaryl/α,β-unsaturated/α-hetero) is 2. The van der Waals surface area contributed by atoms with Crippen molar-refractivity contribution in [3.8, 4) is 11.5 Å². The summed E-state index contributed by atoms with van der Waals surface area (Å²) in [6, 6.07) is 7.06. The van der Waals surface area contributed by atoms with Gasteiger partial charge in [0.05, 0.1) is 156 Å². The van der Waals surface area contributed by atoms with Gasteiger partial charge in [-0.2, -0.15) is 0 Å². The first-order valence-electron chi connectivity index (χ1n) is 48.6. The molecule has 2 aliphatic heterocycles. The lowest BCUT2D eigenvalue weighted by atomic mass is 9.87. The molecule has 2 heterocycles. The van der Waals surface area contributed by atoms with Gasteiger partial charge in [-0.15, -0.1) is 0 Å². The zero-order valence-electron chi connectivity index (χ0n) is 83.8. The number of nitrogens with zero attached hydrogens (tertiary/aromatic N) is 6. The summed E-state index contributed by atoms with van der Waals surface area (Å²) in [5, 5.41) is 51.3. The molecule has 0 saturated carbocycles. The van der Waals surface area contributed by atoms with Crippen molar-refractivity contribution in [2.45, 2.75) is 220 Å². The van der Waals surface area contributed by atoms with E-state index in [1.807, 2.05) is 27.7 Å². The van der Waals surface area contributed by atoms with Crippen LogP contribution >= 0.6 is 0 Å². The molecule has 2 aliphatic rings. The Balaban J connectivity index is 0.000000985. The summed E-state index contributed by atoms with van der Waals surface area (Å²) in [6.07, 6.45) is 0.688. The van der Waals surface area contributed by atoms with Gasteiger partial charge < -0.3 is 139 Å². The van der Waals surface area contributed by atoms with Crippen molar-refractivity contribution in [2.24, 2.45) is 22.1 Å². The number of ether oxygens (including phenoxy) is 16. The van der Waals surface area contributed by atoms with Crippen LogP contribution in [0.15, 0.2) is 46.6 Å². The van der Waals surface area contributed by atoms with Crippen LogP contribution in [-0.2, 0) is 124 Å². The van der Waals surface area contributed by atoms with Gasteiger partial charge in [0.25, 0.3) is 23.6 Å². The lowest BCUT2D eigenvalue weighted by Gasteiger charge is -2.44. The molecule has 2 saturated heterocycles. The molecular weight excluding hydrogens is 1900 g/mol. The van der Waals surface area contributed by atoms with Crippen LogP contribution in [0, 0.1) is 11.8 Å². The Bertz CT molecular complexity index is 4140. The van der Waals surface area contributed by atoms with Crippen LogP contribution in [0.2, 0.25) is 0 Å². The molecule has 4 rings (SSSR count). The SMILES string of the molecule is CCC1OC(OCCCCC(=O)NCCCC(=O)CCNC(=O)c2cc(OCCNC(=O)CCOCCOCCOCCOCCN=[N+]=[N-])cc(C(=O)NCCC(=O)CCCNC(=O)CCCCOC3OC(CC)C(OC(C)=O)C(C)C3NC(C)=O)c2)C(NC(C)=O)C(C)C1OC(C)=O.[N-]=[N+]=NCCOCCOCCOCCOCCC(=O)NCCOc1cc(C(=O)NCCC(=O)O)cc(C(=O)NCCC(=O)O)c1. The summed E-state index contributed by atoms with van der Waals surface area (Å²) in [4.78, 5) is 202. The zero-order valence-corrected chi connectivity index (χ0v) is 83.8. The monoisotopic (exact) mass is 2050 g/mol. The van der Waals surface area contributed by atoms with Crippen LogP contribution in [0.25, 0.3) is 20.9 Å². The number of nitrogens with one attached hydrogen (secondary N) is 10. The highest BCUT2D eigenvalue weighted by Crippen LogP contribution is 2.33. The summed E-state index contributed by atoms with van der Waals surface area (Å²) in [7, 11) is 0. The number of aliphatic carboxylic acids is 2. The van der Waals surface area contributed by atoms with E-state index >= 15 is 0 Å². The Hall–Kier alpha value is -11.9. The lowest BCUT2D eigenvalue weighted by molar-refractivity contribution is -0.256. The van der Waals surface area contributed by atoms with E-state index in [2.05, 4.69) is 73.2 Å². The summed E-state index contributed by atoms with van der Waals surface area (Å²) >= 11 is 0. The molecule has 50 heteroatoms. The van der Waals surface area contributed by atoms with Crippen molar-refractivity contribution in [1.82, 2.24) is 53.2 Å². The summed E-state index contributed by atoms with van der Waals surface area (Å²) < 4.78 is 89.7. The lowest BCUT2D eigenvalue weighted by Crippen LogP contribution is -2.61. The predicted octanol–water partition coefficient (Wildman–Crippen LogP) is 4.27. The van der Waals surface area contributed by atoms with E-state index in [-0.39, 0.29) is 269 Å². The Kier molecular flexibility index (Phi) is 68.9. The molecule has 0 aliphatic carbocycles. The van der Waals surface area contributed by atoms with E-state index in [9.17, 15) is 76.7 Å². The van der Waals surface area contributed by atoms with Crippen LogP contribution in [0.4, 0.5) is 0 Å². The Morgan fingerprint density at radius 2 is 0.639 bits per heavy atom. The number of ketones is 2. The van der Waals surface area contributed by atoms with Crippen molar-refractivity contribution in [3.05, 3.63) is 79.5 Å². The topological polar surface area (TPSA) is 679 Å². The molecule has 0 radical (unpaired) electrons. The molecule has 10 unspecified atom stereocenters. The Labute approximate surface area is 837 Å².